The third-order valence-corrected chi connectivity index (χ3v) is 15.4. The molecule has 4 nitrogen and oxygen atoms in total. The second kappa shape index (κ2) is 18.8. The highest BCUT2D eigenvalue weighted by atomic mass is 32.1. The summed E-state index contributed by atoms with van der Waals surface area (Å²) in [5.41, 5.74) is 17.7. The van der Waals surface area contributed by atoms with E-state index in [0.717, 1.165) is 88.4 Å². The zero-order valence-electron chi connectivity index (χ0n) is 39.0. The van der Waals surface area contributed by atoms with Crippen LogP contribution in [0.5, 0.6) is 0 Å². The summed E-state index contributed by atoms with van der Waals surface area (Å²) in [5.74, 6) is 0. The van der Waals surface area contributed by atoms with Gasteiger partial charge in [-0.2, -0.15) is 0 Å². The molecule has 0 spiro atoms. The molecule has 0 radical (unpaired) electrons. The van der Waals surface area contributed by atoms with Gasteiger partial charge in [0.1, 0.15) is 10.0 Å². The summed E-state index contributed by atoms with van der Waals surface area (Å²) in [7, 11) is 0. The Kier molecular flexibility index (Phi) is 11.2. The molecule has 0 aliphatic heterocycles. The third kappa shape index (κ3) is 8.49. The Morgan fingerprint density at radius 2 is 0.583 bits per heavy atom. The minimum atomic E-state index is 1.02. The lowest BCUT2D eigenvalue weighted by Crippen LogP contribution is -2.10. The number of para-hydroxylation sites is 2. The van der Waals surface area contributed by atoms with Crippen molar-refractivity contribution in [3.05, 3.63) is 267 Å². The molecule has 0 unspecified atom stereocenters. The first-order valence-electron chi connectivity index (χ1n) is 24.1. The number of fused-ring (bicyclic) bond motifs is 3. The zero-order chi connectivity index (χ0) is 47.8. The largest absolute Gasteiger partial charge is 0.310 e. The molecule has 0 aliphatic rings. The average molecular weight is 957 g/mol. The van der Waals surface area contributed by atoms with E-state index >= 15 is 0 Å². The summed E-state index contributed by atoms with van der Waals surface area (Å²) < 4.78 is 2.38. The second-order valence-electron chi connectivity index (χ2n) is 17.9. The molecule has 0 bridgehead atoms. The molecular weight excluding hydrogens is 913 g/mol. The minimum absolute atomic E-state index is 1.02. The molecule has 2 aromatic heterocycles. The number of nitrogens with zero attached hydrogens (tertiary/aromatic N) is 4. The smallest absolute Gasteiger partial charge is 0.124 e. The summed E-state index contributed by atoms with van der Waals surface area (Å²) >= 11 is 3.46. The lowest BCUT2D eigenvalue weighted by molar-refractivity contribution is 1.28. The summed E-state index contributed by atoms with van der Waals surface area (Å²) in [6, 6.07) is 95.8. The normalized spacial score (nSPS) is 11.3. The van der Waals surface area contributed by atoms with E-state index in [9.17, 15) is 0 Å². The van der Waals surface area contributed by atoms with E-state index in [4.69, 9.17) is 9.97 Å². The molecule has 340 valence electrons. The maximum absolute atomic E-state index is 4.96. The predicted molar refractivity (Wildman–Crippen MR) is 307 cm³/mol. The van der Waals surface area contributed by atoms with E-state index in [1.807, 2.05) is 12.1 Å². The van der Waals surface area contributed by atoms with Gasteiger partial charge in [0, 0.05) is 45.3 Å². The minimum Gasteiger partial charge on any atom is -0.310 e. The van der Waals surface area contributed by atoms with Crippen molar-refractivity contribution in [2.24, 2.45) is 0 Å². The van der Waals surface area contributed by atoms with Crippen molar-refractivity contribution in [1.29, 1.82) is 0 Å². The molecule has 0 saturated heterocycles. The van der Waals surface area contributed by atoms with E-state index in [1.54, 1.807) is 22.7 Å². The van der Waals surface area contributed by atoms with Gasteiger partial charge >= 0.3 is 0 Å². The van der Waals surface area contributed by atoms with Crippen LogP contribution in [-0.4, -0.2) is 9.97 Å². The van der Waals surface area contributed by atoms with Gasteiger partial charge in [-0.05, 0) is 172 Å². The Morgan fingerprint density at radius 1 is 0.236 bits per heavy atom. The fraction of sp³-hybridized carbons (Fsp3) is 0. The lowest BCUT2D eigenvalue weighted by Gasteiger charge is -2.27. The maximum Gasteiger partial charge on any atom is 0.124 e. The van der Waals surface area contributed by atoms with Crippen molar-refractivity contribution in [1.82, 2.24) is 9.97 Å². The highest BCUT2D eigenvalue weighted by Crippen LogP contribution is 2.43. The van der Waals surface area contributed by atoms with Gasteiger partial charge in [0.05, 0.1) is 20.4 Å². The van der Waals surface area contributed by atoms with E-state index in [1.165, 1.54) is 31.5 Å². The molecule has 2 heterocycles. The zero-order valence-corrected chi connectivity index (χ0v) is 40.6. The van der Waals surface area contributed by atoms with Crippen molar-refractivity contribution in [3.8, 4) is 54.5 Å². The Balaban J connectivity index is 0.858. The third-order valence-electron chi connectivity index (χ3n) is 13.3. The standard InChI is InChI=1S/C66H44N4S2/c1-3-14-45(15-4-1)49-18-11-21-57(41-49)69(55-35-30-47(31-36-55)65-67-61-24-7-9-26-63(61)71-65)59-23-13-20-51(43-59)52-28-29-54-44-60(39-34-53(54)40-52)70(58-22-12-19-50(42-58)46-16-5-2-6-17-46)56-37-32-48(33-38-56)66-68-62-25-8-10-27-64(62)72-66/h1-44H. The Bertz CT molecular complexity index is 3980. The van der Waals surface area contributed by atoms with Crippen molar-refractivity contribution in [2.45, 2.75) is 0 Å². The fourth-order valence-corrected chi connectivity index (χ4v) is 11.6. The van der Waals surface area contributed by atoms with Crippen LogP contribution < -0.4 is 9.80 Å². The number of rotatable bonds is 11. The van der Waals surface area contributed by atoms with Gasteiger partial charge in [-0.25, -0.2) is 9.97 Å². The highest BCUT2D eigenvalue weighted by Gasteiger charge is 2.18. The molecule has 0 saturated carbocycles. The number of hydrogen-bond acceptors (Lipinski definition) is 6. The number of hydrogen-bond donors (Lipinski definition) is 0. The molecule has 0 fully saturated rings. The second-order valence-corrected chi connectivity index (χ2v) is 19.9. The maximum atomic E-state index is 4.96. The van der Waals surface area contributed by atoms with Crippen molar-refractivity contribution in [3.63, 3.8) is 0 Å². The SMILES string of the molecule is c1ccc(-c2cccc(N(c3ccc(-c4nc5ccccc5s4)cc3)c3cccc(-c4ccc5cc(N(c6ccc(-c7nc8ccccc8s7)cc6)c6cccc(-c7ccccc7)c6)ccc5c4)c3)c2)cc1. The predicted octanol–water partition coefficient (Wildman–Crippen LogP) is 19.3. The van der Waals surface area contributed by atoms with E-state index in [0.29, 0.717) is 0 Å². The number of thiazole rings is 2. The van der Waals surface area contributed by atoms with Crippen LogP contribution >= 0.6 is 22.7 Å². The number of anilines is 6. The molecule has 0 atom stereocenters. The summed E-state index contributed by atoms with van der Waals surface area (Å²) in [6.45, 7) is 0. The van der Waals surface area contributed by atoms with Crippen LogP contribution in [0.2, 0.25) is 0 Å². The lowest BCUT2D eigenvalue weighted by atomic mass is 9.99. The Morgan fingerprint density at radius 3 is 1.06 bits per heavy atom. The van der Waals surface area contributed by atoms with Crippen LogP contribution in [0.15, 0.2) is 267 Å². The summed E-state index contributed by atoms with van der Waals surface area (Å²) in [4.78, 5) is 14.6. The van der Waals surface area contributed by atoms with Crippen LogP contribution in [-0.2, 0) is 0 Å². The summed E-state index contributed by atoms with van der Waals surface area (Å²) in [5, 5.41) is 4.37. The molecule has 13 aromatic rings. The molecular formula is C66H44N4S2. The van der Waals surface area contributed by atoms with E-state index < -0.39 is 0 Å². The molecule has 0 N–H and O–H groups in total. The van der Waals surface area contributed by atoms with Gasteiger partial charge in [0.2, 0.25) is 0 Å². The summed E-state index contributed by atoms with van der Waals surface area (Å²) in [6.07, 6.45) is 0. The van der Waals surface area contributed by atoms with E-state index in [2.05, 4.69) is 265 Å². The van der Waals surface area contributed by atoms with Crippen molar-refractivity contribution < 1.29 is 0 Å². The molecule has 72 heavy (non-hydrogen) atoms. The van der Waals surface area contributed by atoms with Gasteiger partial charge in [-0.15, -0.1) is 22.7 Å². The monoisotopic (exact) mass is 956 g/mol. The van der Waals surface area contributed by atoms with Crippen LogP contribution in [0.1, 0.15) is 0 Å². The Hall–Kier alpha value is -8.94. The van der Waals surface area contributed by atoms with Crippen LogP contribution in [0, 0.1) is 0 Å². The number of aromatic nitrogens is 2. The topological polar surface area (TPSA) is 32.3 Å². The quantitative estimate of drug-likeness (QED) is 0.129. The van der Waals surface area contributed by atoms with Crippen molar-refractivity contribution >= 4 is 88.0 Å². The first kappa shape index (κ1) is 43.1. The first-order chi connectivity index (χ1) is 35.6. The average Bonchev–Trinajstić information content (AvgIpc) is 4.10. The molecule has 0 aliphatic carbocycles. The van der Waals surface area contributed by atoms with Gasteiger partial charge in [0.25, 0.3) is 0 Å². The molecule has 0 amide bonds. The van der Waals surface area contributed by atoms with E-state index in [-0.39, 0.29) is 0 Å². The first-order valence-corrected chi connectivity index (χ1v) is 25.7. The van der Waals surface area contributed by atoms with Gasteiger partial charge in [0.15, 0.2) is 0 Å². The molecule has 6 heteroatoms. The fourth-order valence-electron chi connectivity index (χ4n) is 9.68. The van der Waals surface area contributed by atoms with Gasteiger partial charge < -0.3 is 9.80 Å². The highest BCUT2D eigenvalue weighted by molar-refractivity contribution is 7.22. The van der Waals surface area contributed by atoms with Crippen LogP contribution in [0.4, 0.5) is 34.1 Å². The number of benzene rings is 11. The van der Waals surface area contributed by atoms with Gasteiger partial charge in [-0.1, -0.05) is 140 Å². The van der Waals surface area contributed by atoms with Crippen molar-refractivity contribution in [2.75, 3.05) is 9.80 Å². The van der Waals surface area contributed by atoms with Crippen LogP contribution in [0.3, 0.4) is 0 Å². The Labute approximate surface area is 426 Å². The van der Waals surface area contributed by atoms with Gasteiger partial charge in [-0.3, -0.25) is 0 Å². The molecule has 13 rings (SSSR count). The molecule has 11 aromatic carbocycles. The van der Waals surface area contributed by atoms with Crippen LogP contribution in [0.25, 0.3) is 85.7 Å².